The van der Waals surface area contributed by atoms with Crippen LogP contribution in [0.25, 0.3) is 0 Å². The van der Waals surface area contributed by atoms with E-state index in [9.17, 15) is 9.18 Å². The van der Waals surface area contributed by atoms with Gasteiger partial charge in [0.15, 0.2) is 18.1 Å². The summed E-state index contributed by atoms with van der Waals surface area (Å²) in [5, 5.41) is 2.94. The summed E-state index contributed by atoms with van der Waals surface area (Å²) < 4.78 is 24.0. The van der Waals surface area contributed by atoms with Gasteiger partial charge in [0, 0.05) is 0 Å². The fourth-order valence-corrected chi connectivity index (χ4v) is 2.56. The highest BCUT2D eigenvalue weighted by atomic mass is 19.1. The zero-order valence-corrected chi connectivity index (χ0v) is 15.0. The molecule has 4 nitrogen and oxygen atoms in total. The summed E-state index contributed by atoms with van der Waals surface area (Å²) in [4.78, 5) is 12.3. The molecule has 1 N–H and O–H groups in total. The minimum absolute atomic E-state index is 0.121. The van der Waals surface area contributed by atoms with E-state index < -0.39 is 0 Å². The monoisotopic (exact) mass is 345 g/mol. The van der Waals surface area contributed by atoms with Crippen molar-refractivity contribution in [3.63, 3.8) is 0 Å². The van der Waals surface area contributed by atoms with Crippen LogP contribution in [0, 0.1) is 18.7 Å². The molecule has 134 valence electrons. The summed E-state index contributed by atoms with van der Waals surface area (Å²) in [5.74, 6) is 0.722. The van der Waals surface area contributed by atoms with Gasteiger partial charge in [-0.1, -0.05) is 32.0 Å². The molecule has 0 heterocycles. The molecule has 1 unspecified atom stereocenters. The molecule has 1 atom stereocenters. The van der Waals surface area contributed by atoms with Crippen LogP contribution in [-0.2, 0) is 4.79 Å². The average Bonchev–Trinajstić information content (AvgIpc) is 2.59. The molecule has 0 bridgehead atoms. The molecule has 0 aliphatic rings. The van der Waals surface area contributed by atoms with Crippen molar-refractivity contribution < 1.29 is 18.7 Å². The van der Waals surface area contributed by atoms with Crippen molar-refractivity contribution >= 4 is 5.91 Å². The molecule has 0 fully saturated rings. The zero-order chi connectivity index (χ0) is 18.4. The third-order valence-electron chi connectivity index (χ3n) is 3.89. The fraction of sp³-hybridized carbons (Fsp3) is 0.350. The first-order valence-electron chi connectivity index (χ1n) is 8.23. The Hall–Kier alpha value is -2.56. The maximum absolute atomic E-state index is 13.1. The van der Waals surface area contributed by atoms with Crippen LogP contribution in [0.4, 0.5) is 4.39 Å². The predicted molar refractivity (Wildman–Crippen MR) is 95.3 cm³/mol. The number of carbonyl (C=O) groups is 1. The third-order valence-corrected chi connectivity index (χ3v) is 3.89. The predicted octanol–water partition coefficient (Wildman–Crippen LogP) is 4.04. The van der Waals surface area contributed by atoms with Crippen molar-refractivity contribution in [1.29, 1.82) is 0 Å². The van der Waals surface area contributed by atoms with Crippen LogP contribution in [0.15, 0.2) is 42.5 Å². The van der Waals surface area contributed by atoms with Crippen molar-refractivity contribution in [2.75, 3.05) is 13.7 Å². The van der Waals surface area contributed by atoms with Crippen molar-refractivity contribution in [2.45, 2.75) is 26.8 Å². The lowest BCUT2D eigenvalue weighted by molar-refractivity contribution is -0.124. The molecule has 2 rings (SSSR count). The van der Waals surface area contributed by atoms with E-state index in [0.717, 1.165) is 11.1 Å². The number of aryl methyl sites for hydroxylation is 1. The van der Waals surface area contributed by atoms with Gasteiger partial charge in [0.1, 0.15) is 5.82 Å². The maximum Gasteiger partial charge on any atom is 0.258 e. The number of halogens is 1. The van der Waals surface area contributed by atoms with Gasteiger partial charge in [-0.05, 0) is 48.2 Å². The number of rotatable bonds is 7. The summed E-state index contributed by atoms with van der Waals surface area (Å²) >= 11 is 0. The summed E-state index contributed by atoms with van der Waals surface area (Å²) in [6, 6.07) is 11.5. The molecule has 0 spiro atoms. The van der Waals surface area contributed by atoms with E-state index >= 15 is 0 Å². The van der Waals surface area contributed by atoms with Gasteiger partial charge in [-0.3, -0.25) is 4.79 Å². The Morgan fingerprint density at radius 2 is 1.80 bits per heavy atom. The van der Waals surface area contributed by atoms with Gasteiger partial charge in [0.25, 0.3) is 5.91 Å². The Kier molecular flexibility index (Phi) is 6.39. The number of ether oxygens (including phenoxy) is 2. The highest BCUT2D eigenvalue weighted by Crippen LogP contribution is 2.28. The van der Waals surface area contributed by atoms with Gasteiger partial charge >= 0.3 is 0 Å². The second kappa shape index (κ2) is 8.51. The number of nitrogens with one attached hydrogen (secondary N) is 1. The Labute approximate surface area is 148 Å². The van der Waals surface area contributed by atoms with Crippen LogP contribution in [0.5, 0.6) is 11.5 Å². The van der Waals surface area contributed by atoms with Gasteiger partial charge < -0.3 is 14.8 Å². The van der Waals surface area contributed by atoms with Gasteiger partial charge in [-0.15, -0.1) is 0 Å². The van der Waals surface area contributed by atoms with E-state index in [0.29, 0.717) is 11.5 Å². The van der Waals surface area contributed by atoms with Crippen LogP contribution in [0.1, 0.15) is 31.0 Å². The molecule has 0 aliphatic carbocycles. The summed E-state index contributed by atoms with van der Waals surface area (Å²) in [6.45, 7) is 5.83. The molecule has 5 heteroatoms. The summed E-state index contributed by atoms with van der Waals surface area (Å²) in [6.07, 6.45) is 0. The normalized spacial score (nSPS) is 11.9. The second-order valence-corrected chi connectivity index (χ2v) is 6.28. The standard InChI is InChI=1S/C20H24FNO3/c1-13(2)20(15-6-8-16(21)9-7-15)22-19(23)12-25-17-10-5-14(3)11-18(17)24-4/h5-11,13,20H,12H2,1-4H3,(H,22,23). The number of benzene rings is 2. The van der Waals surface area contributed by atoms with Crippen molar-refractivity contribution in [3.8, 4) is 11.5 Å². The maximum atomic E-state index is 13.1. The lowest BCUT2D eigenvalue weighted by Crippen LogP contribution is -2.35. The minimum atomic E-state index is -0.299. The van der Waals surface area contributed by atoms with E-state index in [2.05, 4.69) is 5.32 Å². The second-order valence-electron chi connectivity index (χ2n) is 6.28. The number of hydrogen-bond donors (Lipinski definition) is 1. The molecule has 0 aromatic heterocycles. The van der Waals surface area contributed by atoms with Crippen molar-refractivity contribution in [1.82, 2.24) is 5.32 Å². The molecule has 1 amide bonds. The van der Waals surface area contributed by atoms with E-state index in [4.69, 9.17) is 9.47 Å². The number of methoxy groups -OCH3 is 1. The Morgan fingerprint density at radius 1 is 1.12 bits per heavy atom. The minimum Gasteiger partial charge on any atom is -0.493 e. The van der Waals surface area contributed by atoms with Gasteiger partial charge in [0.2, 0.25) is 0 Å². The molecule has 25 heavy (non-hydrogen) atoms. The number of carbonyl (C=O) groups excluding carboxylic acids is 1. The first-order chi connectivity index (χ1) is 11.9. The molecule has 0 aliphatic heterocycles. The van der Waals surface area contributed by atoms with Crippen LogP contribution in [0.2, 0.25) is 0 Å². The lowest BCUT2D eigenvalue weighted by atomic mass is 9.96. The average molecular weight is 345 g/mol. The molecular weight excluding hydrogens is 321 g/mol. The quantitative estimate of drug-likeness (QED) is 0.824. The highest BCUT2D eigenvalue weighted by molar-refractivity contribution is 5.78. The summed E-state index contributed by atoms with van der Waals surface area (Å²) in [7, 11) is 1.56. The van der Waals surface area contributed by atoms with Crippen molar-refractivity contribution in [3.05, 3.63) is 59.4 Å². The Morgan fingerprint density at radius 3 is 2.40 bits per heavy atom. The molecule has 2 aromatic carbocycles. The van der Waals surface area contributed by atoms with E-state index in [1.807, 2.05) is 32.9 Å². The van der Waals surface area contributed by atoms with Crippen LogP contribution in [0.3, 0.4) is 0 Å². The number of amides is 1. The van der Waals surface area contributed by atoms with Crippen LogP contribution < -0.4 is 14.8 Å². The first kappa shape index (κ1) is 18.8. The molecule has 2 aromatic rings. The molecule has 0 saturated carbocycles. The van der Waals surface area contributed by atoms with E-state index in [1.165, 1.54) is 12.1 Å². The van der Waals surface area contributed by atoms with Crippen LogP contribution >= 0.6 is 0 Å². The molecule has 0 radical (unpaired) electrons. The molecular formula is C20H24FNO3. The molecule has 0 saturated heterocycles. The smallest absolute Gasteiger partial charge is 0.258 e. The first-order valence-corrected chi connectivity index (χ1v) is 8.23. The Bertz CT molecular complexity index is 713. The SMILES string of the molecule is COc1cc(C)ccc1OCC(=O)NC(c1ccc(F)cc1)C(C)C. The lowest BCUT2D eigenvalue weighted by Gasteiger charge is -2.23. The zero-order valence-electron chi connectivity index (χ0n) is 15.0. The fourth-order valence-electron chi connectivity index (χ4n) is 2.56. The number of hydrogen-bond acceptors (Lipinski definition) is 3. The van der Waals surface area contributed by atoms with Gasteiger partial charge in [-0.25, -0.2) is 4.39 Å². The van der Waals surface area contributed by atoms with Crippen LogP contribution in [-0.4, -0.2) is 19.6 Å². The largest absolute Gasteiger partial charge is 0.493 e. The van der Waals surface area contributed by atoms with Crippen molar-refractivity contribution in [2.24, 2.45) is 5.92 Å². The third kappa shape index (κ3) is 5.21. The van der Waals surface area contributed by atoms with Gasteiger partial charge in [0.05, 0.1) is 13.2 Å². The summed E-state index contributed by atoms with van der Waals surface area (Å²) in [5.41, 5.74) is 1.91. The topological polar surface area (TPSA) is 47.6 Å². The van der Waals surface area contributed by atoms with Gasteiger partial charge in [-0.2, -0.15) is 0 Å². The Balaban J connectivity index is 2.01. The van der Waals surface area contributed by atoms with E-state index in [-0.39, 0.29) is 30.3 Å². The van der Waals surface area contributed by atoms with E-state index in [1.54, 1.807) is 25.3 Å². The highest BCUT2D eigenvalue weighted by Gasteiger charge is 2.19.